The van der Waals surface area contributed by atoms with Crippen molar-refractivity contribution in [2.24, 2.45) is 0 Å². The van der Waals surface area contributed by atoms with Crippen molar-refractivity contribution < 1.29 is 9.53 Å². The van der Waals surface area contributed by atoms with Gasteiger partial charge in [-0.25, -0.2) is 0 Å². The smallest absolute Gasteiger partial charge is 0.311 e. The van der Waals surface area contributed by atoms with Crippen molar-refractivity contribution >= 4 is 23.2 Å². The number of hydrogen-bond acceptors (Lipinski definition) is 3. The molecule has 0 saturated carbocycles. The van der Waals surface area contributed by atoms with Gasteiger partial charge in [-0.2, -0.15) is 0 Å². The number of ether oxygens (including phenoxy) is 1. The van der Waals surface area contributed by atoms with Crippen LogP contribution < -0.4 is 0 Å². The maximum atomic E-state index is 10.3. The molecule has 0 radical (unpaired) electrons. The highest BCUT2D eigenvalue weighted by Gasteiger charge is 2.15. The van der Waals surface area contributed by atoms with E-state index in [0.717, 1.165) is 0 Å². The van der Waals surface area contributed by atoms with Gasteiger partial charge in [-0.15, -0.1) is 0 Å². The predicted octanol–water partition coefficient (Wildman–Crippen LogP) is 0.806. The Balaban J connectivity index is 2.70. The van der Waals surface area contributed by atoms with Crippen LogP contribution in [0.5, 0.6) is 0 Å². The number of carbonyl (C=O) groups excluding carboxylic acids is 1. The Morgan fingerprint density at radius 1 is 1.62 bits per heavy atom. The average molecular weight is 128 g/mol. The summed E-state index contributed by atoms with van der Waals surface area (Å²) in [6.45, 7) is 0. The van der Waals surface area contributed by atoms with Gasteiger partial charge in [-0.1, -0.05) is 0 Å². The molecule has 1 fully saturated rings. The fraction of sp³-hybridized carbons (Fsp3) is 0.400. The lowest BCUT2D eigenvalue weighted by Gasteiger charge is -1.84. The van der Waals surface area contributed by atoms with Gasteiger partial charge in [-0.05, 0) is 17.2 Å². The second-order valence-electron chi connectivity index (χ2n) is 1.50. The quantitative estimate of drug-likeness (QED) is 0.356. The van der Waals surface area contributed by atoms with Gasteiger partial charge in [0.2, 0.25) is 0 Å². The molecular formula is C5H4O2S. The number of esters is 1. The van der Waals surface area contributed by atoms with E-state index in [1.54, 1.807) is 0 Å². The highest BCUT2D eigenvalue weighted by atomic mass is 32.1. The van der Waals surface area contributed by atoms with Crippen molar-refractivity contribution in [3.8, 4) is 0 Å². The Morgan fingerprint density at radius 2 is 2.38 bits per heavy atom. The Morgan fingerprint density at radius 3 is 2.62 bits per heavy atom. The van der Waals surface area contributed by atoms with E-state index in [4.69, 9.17) is 0 Å². The van der Waals surface area contributed by atoms with Crippen molar-refractivity contribution in [3.63, 3.8) is 0 Å². The summed E-state index contributed by atoms with van der Waals surface area (Å²) in [5, 5.41) is 2.35. The van der Waals surface area contributed by atoms with E-state index in [0.29, 0.717) is 18.6 Å². The van der Waals surface area contributed by atoms with Gasteiger partial charge in [0.15, 0.2) is 5.76 Å². The molecule has 3 heteroatoms. The number of carbonyl (C=O) groups is 1. The van der Waals surface area contributed by atoms with E-state index in [1.165, 1.54) is 0 Å². The minimum Gasteiger partial charge on any atom is -0.422 e. The number of cyclic esters (lactones) is 1. The van der Waals surface area contributed by atoms with Crippen molar-refractivity contribution in [1.82, 2.24) is 0 Å². The van der Waals surface area contributed by atoms with E-state index in [2.05, 4.69) is 22.0 Å². The van der Waals surface area contributed by atoms with Crippen LogP contribution >= 0.6 is 12.2 Å². The first-order chi connectivity index (χ1) is 3.83. The zero-order chi connectivity index (χ0) is 5.98. The largest absolute Gasteiger partial charge is 0.422 e. The average Bonchev–Trinajstić information content (AvgIpc) is 2.14. The molecule has 0 aromatic carbocycles. The molecular weight excluding hydrogens is 124 g/mol. The zero-order valence-corrected chi connectivity index (χ0v) is 4.96. The molecule has 0 aromatic rings. The molecule has 42 valence electrons. The van der Waals surface area contributed by atoms with E-state index < -0.39 is 0 Å². The Kier molecular flexibility index (Phi) is 1.42. The molecule has 1 heterocycles. The highest BCUT2D eigenvalue weighted by Crippen LogP contribution is 2.13. The Labute approximate surface area is 52.1 Å². The summed E-state index contributed by atoms with van der Waals surface area (Å²) in [7, 11) is 0. The van der Waals surface area contributed by atoms with Crippen LogP contribution in [-0.4, -0.2) is 11.0 Å². The van der Waals surface area contributed by atoms with Crippen molar-refractivity contribution in [2.45, 2.75) is 12.8 Å². The minimum absolute atomic E-state index is 0.197. The summed E-state index contributed by atoms with van der Waals surface area (Å²) >= 11 is 4.40. The van der Waals surface area contributed by atoms with Gasteiger partial charge in [0.25, 0.3) is 0 Å². The van der Waals surface area contributed by atoms with Gasteiger partial charge >= 0.3 is 5.97 Å². The molecule has 0 bridgehead atoms. The predicted molar refractivity (Wildman–Crippen MR) is 31.4 cm³/mol. The molecule has 8 heavy (non-hydrogen) atoms. The molecule has 2 nitrogen and oxygen atoms in total. The van der Waals surface area contributed by atoms with Crippen LogP contribution in [0.2, 0.25) is 0 Å². The topological polar surface area (TPSA) is 26.3 Å². The van der Waals surface area contributed by atoms with Crippen LogP contribution in [0.4, 0.5) is 0 Å². The summed E-state index contributed by atoms with van der Waals surface area (Å²) in [6, 6.07) is 0. The van der Waals surface area contributed by atoms with Gasteiger partial charge in [0.05, 0.1) is 6.42 Å². The summed E-state index contributed by atoms with van der Waals surface area (Å²) in [6.07, 6.45) is 1.08. The first-order valence-electron chi connectivity index (χ1n) is 2.27. The number of thiocarbonyl (C=S) groups is 1. The van der Waals surface area contributed by atoms with Gasteiger partial charge in [0, 0.05) is 6.42 Å². The molecule has 0 N–H and O–H groups in total. The second-order valence-corrected chi connectivity index (χ2v) is 1.70. The van der Waals surface area contributed by atoms with Gasteiger partial charge in [0.1, 0.15) is 0 Å². The van der Waals surface area contributed by atoms with Crippen LogP contribution in [-0.2, 0) is 9.53 Å². The van der Waals surface area contributed by atoms with Crippen LogP contribution in [0, 0.1) is 0 Å². The highest BCUT2D eigenvalue weighted by molar-refractivity contribution is 7.78. The van der Waals surface area contributed by atoms with Gasteiger partial charge in [-0.3, -0.25) is 4.79 Å². The SMILES string of the molecule is O=C1CCC(=C=S)O1. The maximum absolute atomic E-state index is 10.3. The lowest BCUT2D eigenvalue weighted by Crippen LogP contribution is -1.88. The molecule has 1 saturated heterocycles. The zero-order valence-electron chi connectivity index (χ0n) is 4.14. The molecule has 0 atom stereocenters. The van der Waals surface area contributed by atoms with E-state index in [-0.39, 0.29) is 5.97 Å². The van der Waals surface area contributed by atoms with Crippen molar-refractivity contribution in [2.75, 3.05) is 0 Å². The first kappa shape index (κ1) is 5.48. The standard InChI is InChI=1S/C5H4O2S/c6-5-2-1-4(3-8)7-5/h1-2H2. The van der Waals surface area contributed by atoms with Crippen molar-refractivity contribution in [1.29, 1.82) is 0 Å². The Bertz CT molecular complexity index is 167. The molecule has 0 unspecified atom stereocenters. The normalized spacial score (nSPS) is 18.0. The van der Waals surface area contributed by atoms with Crippen LogP contribution in [0.1, 0.15) is 12.8 Å². The molecule has 1 rings (SSSR count). The first-order valence-corrected chi connectivity index (χ1v) is 2.68. The summed E-state index contributed by atoms with van der Waals surface area (Å²) in [5.41, 5.74) is 0. The monoisotopic (exact) mass is 128 g/mol. The number of hydrogen-bond donors (Lipinski definition) is 0. The van der Waals surface area contributed by atoms with Crippen LogP contribution in [0.25, 0.3) is 0 Å². The molecule has 0 spiro atoms. The number of rotatable bonds is 0. The summed E-state index contributed by atoms with van der Waals surface area (Å²) in [4.78, 5) is 10.3. The maximum Gasteiger partial charge on any atom is 0.311 e. The molecule has 0 aliphatic carbocycles. The third kappa shape index (κ3) is 0.941. The fourth-order valence-electron chi connectivity index (χ4n) is 0.527. The van der Waals surface area contributed by atoms with Gasteiger partial charge < -0.3 is 4.74 Å². The number of allylic oxidation sites excluding steroid dienone is 1. The third-order valence-corrected chi connectivity index (χ3v) is 1.13. The minimum atomic E-state index is -0.197. The van der Waals surface area contributed by atoms with Crippen LogP contribution in [0.15, 0.2) is 5.76 Å². The molecule has 0 amide bonds. The second kappa shape index (κ2) is 2.07. The lowest BCUT2D eigenvalue weighted by molar-refractivity contribution is -0.135. The van der Waals surface area contributed by atoms with E-state index in [9.17, 15) is 4.79 Å². The van der Waals surface area contributed by atoms with Crippen molar-refractivity contribution in [3.05, 3.63) is 5.76 Å². The Hall–Kier alpha value is -0.660. The molecule has 1 aliphatic rings. The fourth-order valence-corrected chi connectivity index (χ4v) is 0.671. The molecule has 0 aromatic heterocycles. The summed E-state index contributed by atoms with van der Waals surface area (Å²) in [5.74, 6) is 0.308. The molecule has 1 aliphatic heterocycles. The summed E-state index contributed by atoms with van der Waals surface area (Å²) < 4.78 is 4.57. The lowest BCUT2D eigenvalue weighted by atomic mass is 10.3. The van der Waals surface area contributed by atoms with Crippen LogP contribution in [0.3, 0.4) is 0 Å². The van der Waals surface area contributed by atoms with E-state index in [1.807, 2.05) is 0 Å². The van der Waals surface area contributed by atoms with E-state index >= 15 is 0 Å². The third-order valence-electron chi connectivity index (χ3n) is 0.907.